The smallest absolute Gasteiger partial charge is 0.00845 e. The molecule has 0 aromatic rings. The molecule has 3 aliphatic carbocycles. The minimum absolute atomic E-state index is 0.340. The average molecular weight is 325 g/mol. The Labute approximate surface area is 149 Å². The number of hydrogen-bond acceptors (Lipinski definition) is 0. The molecule has 0 bridgehead atoms. The Morgan fingerprint density at radius 2 is 1.92 bits per heavy atom. The van der Waals surface area contributed by atoms with Gasteiger partial charge in [0.05, 0.1) is 0 Å². The van der Waals surface area contributed by atoms with Crippen LogP contribution in [0.5, 0.6) is 0 Å². The van der Waals surface area contributed by atoms with E-state index in [1.807, 2.05) is 0 Å². The van der Waals surface area contributed by atoms with Crippen molar-refractivity contribution in [3.8, 4) is 0 Å². The first-order valence-corrected chi connectivity index (χ1v) is 10.1. The first kappa shape index (κ1) is 17.8. The summed E-state index contributed by atoms with van der Waals surface area (Å²) >= 11 is 0. The lowest BCUT2D eigenvalue weighted by atomic mass is 9.47. The van der Waals surface area contributed by atoms with Gasteiger partial charge in [-0.05, 0) is 93.0 Å². The van der Waals surface area contributed by atoms with Crippen LogP contribution in [0.1, 0.15) is 66.2 Å². The molecule has 0 heterocycles. The number of allylic oxidation sites excluding steroid dienone is 6. The molecule has 0 N–H and O–H groups in total. The van der Waals surface area contributed by atoms with Crippen LogP contribution in [0, 0.1) is 35.0 Å². The molecule has 3 aliphatic rings. The molecule has 24 heavy (non-hydrogen) atoms. The molecule has 0 nitrogen and oxygen atoms in total. The topological polar surface area (TPSA) is 0 Å². The summed E-state index contributed by atoms with van der Waals surface area (Å²) in [7, 11) is 0. The fourth-order valence-corrected chi connectivity index (χ4v) is 6.12. The highest BCUT2D eigenvalue weighted by molar-refractivity contribution is 5.30. The van der Waals surface area contributed by atoms with E-state index in [9.17, 15) is 0 Å². The van der Waals surface area contributed by atoms with Gasteiger partial charge in [0.1, 0.15) is 0 Å². The average Bonchev–Trinajstić information content (AvgIpc) is 2.57. The Morgan fingerprint density at radius 3 is 2.58 bits per heavy atom. The minimum atomic E-state index is 0.340. The van der Waals surface area contributed by atoms with Gasteiger partial charge in [0.25, 0.3) is 0 Å². The van der Waals surface area contributed by atoms with Crippen molar-refractivity contribution in [2.45, 2.75) is 66.2 Å². The Balaban J connectivity index is 1.94. The summed E-state index contributed by atoms with van der Waals surface area (Å²) in [6.07, 6.45) is 14.8. The highest BCUT2D eigenvalue weighted by Gasteiger charge is 2.53. The zero-order chi connectivity index (χ0) is 17.5. The molecule has 0 aromatic heterocycles. The highest BCUT2D eigenvalue weighted by Crippen LogP contribution is 2.62. The van der Waals surface area contributed by atoms with Gasteiger partial charge in [-0.3, -0.25) is 0 Å². The maximum absolute atomic E-state index is 4.60. The second-order valence-corrected chi connectivity index (χ2v) is 8.93. The van der Waals surface area contributed by atoms with Crippen LogP contribution in [-0.2, 0) is 0 Å². The number of hydrogen-bond donors (Lipinski definition) is 0. The van der Waals surface area contributed by atoms with Gasteiger partial charge in [0.15, 0.2) is 0 Å². The summed E-state index contributed by atoms with van der Waals surface area (Å²) in [5.41, 5.74) is 4.92. The molecule has 0 saturated heterocycles. The molecule has 0 spiro atoms. The lowest BCUT2D eigenvalue weighted by Crippen LogP contribution is -2.49. The van der Waals surface area contributed by atoms with Gasteiger partial charge in [-0.25, -0.2) is 0 Å². The Kier molecular flexibility index (Phi) is 4.96. The largest absolute Gasteiger partial charge is 0.0993 e. The van der Waals surface area contributed by atoms with Crippen LogP contribution < -0.4 is 0 Å². The van der Waals surface area contributed by atoms with Crippen LogP contribution >= 0.6 is 0 Å². The van der Waals surface area contributed by atoms with Crippen LogP contribution in [0.2, 0.25) is 0 Å². The van der Waals surface area contributed by atoms with Gasteiger partial charge in [-0.2, -0.15) is 0 Å². The zero-order valence-electron chi connectivity index (χ0n) is 16.3. The molecule has 0 radical (unpaired) electrons. The van der Waals surface area contributed by atoms with Gasteiger partial charge in [0.2, 0.25) is 0 Å². The second-order valence-electron chi connectivity index (χ2n) is 8.93. The molecule has 6 atom stereocenters. The SMILES string of the molecule is C=C1C(C)CCC2CCC3(C)C(=C)CC(C(/C=C\C)=C/C)CC3C12. The molecule has 0 amide bonds. The van der Waals surface area contributed by atoms with Gasteiger partial charge in [0, 0.05) is 0 Å². The van der Waals surface area contributed by atoms with Crippen molar-refractivity contribution in [3.63, 3.8) is 0 Å². The zero-order valence-corrected chi connectivity index (χ0v) is 16.3. The van der Waals surface area contributed by atoms with E-state index in [1.165, 1.54) is 49.7 Å². The van der Waals surface area contributed by atoms with Crippen molar-refractivity contribution in [1.29, 1.82) is 0 Å². The van der Waals surface area contributed by atoms with Crippen molar-refractivity contribution >= 4 is 0 Å². The summed E-state index contributed by atoms with van der Waals surface area (Å²) in [5, 5.41) is 0. The first-order valence-electron chi connectivity index (χ1n) is 10.1. The molecule has 132 valence electrons. The van der Waals surface area contributed by atoms with E-state index in [1.54, 1.807) is 5.57 Å². The van der Waals surface area contributed by atoms with Crippen LogP contribution in [0.4, 0.5) is 0 Å². The van der Waals surface area contributed by atoms with Crippen molar-refractivity contribution in [2.24, 2.45) is 35.0 Å². The van der Waals surface area contributed by atoms with Crippen LogP contribution in [-0.4, -0.2) is 0 Å². The van der Waals surface area contributed by atoms with Crippen molar-refractivity contribution < 1.29 is 0 Å². The third kappa shape index (κ3) is 2.76. The van der Waals surface area contributed by atoms with E-state index in [4.69, 9.17) is 0 Å². The van der Waals surface area contributed by atoms with Crippen LogP contribution in [0.25, 0.3) is 0 Å². The Bertz CT molecular complexity index is 575. The van der Waals surface area contributed by atoms with E-state index in [0.717, 1.165) is 17.8 Å². The van der Waals surface area contributed by atoms with Gasteiger partial charge < -0.3 is 0 Å². The van der Waals surface area contributed by atoms with E-state index in [0.29, 0.717) is 17.3 Å². The molecule has 0 aromatic carbocycles. The summed E-state index contributed by atoms with van der Waals surface area (Å²) < 4.78 is 0. The summed E-state index contributed by atoms with van der Waals surface area (Å²) in [6.45, 7) is 18.4. The Hall–Kier alpha value is -1.04. The quantitative estimate of drug-likeness (QED) is 0.375. The number of fused-ring (bicyclic) bond motifs is 3. The molecular weight excluding hydrogens is 288 g/mol. The van der Waals surface area contributed by atoms with E-state index < -0.39 is 0 Å². The summed E-state index contributed by atoms with van der Waals surface area (Å²) in [5.74, 6) is 3.72. The fourth-order valence-electron chi connectivity index (χ4n) is 6.12. The standard InChI is InChI=1S/C24H36/c1-7-9-19(8-2)21-14-17(4)24(6)13-12-20-11-10-16(3)18(5)23(20)22(24)15-21/h7-9,16,20-23H,4-5,10-15H2,1-3,6H3/b9-7-,19-8+. The van der Waals surface area contributed by atoms with Crippen molar-refractivity contribution in [2.75, 3.05) is 0 Å². The molecule has 3 saturated carbocycles. The van der Waals surface area contributed by atoms with E-state index >= 15 is 0 Å². The maximum atomic E-state index is 4.60. The number of rotatable bonds is 2. The van der Waals surface area contributed by atoms with Crippen molar-refractivity contribution in [1.82, 2.24) is 0 Å². The molecule has 6 unspecified atom stereocenters. The Morgan fingerprint density at radius 1 is 1.17 bits per heavy atom. The maximum Gasteiger partial charge on any atom is -0.00845 e. The van der Waals surface area contributed by atoms with Gasteiger partial charge >= 0.3 is 0 Å². The predicted octanol–water partition coefficient (Wildman–Crippen LogP) is 7.11. The van der Waals surface area contributed by atoms with Gasteiger partial charge in [-0.15, -0.1) is 0 Å². The molecule has 3 fully saturated rings. The fraction of sp³-hybridized carbons (Fsp3) is 0.667. The third-order valence-electron chi connectivity index (χ3n) is 7.83. The van der Waals surface area contributed by atoms with Gasteiger partial charge in [-0.1, -0.05) is 56.4 Å². The highest BCUT2D eigenvalue weighted by atomic mass is 14.6. The lowest BCUT2D eigenvalue weighted by molar-refractivity contribution is 0.00531. The van der Waals surface area contributed by atoms with E-state index in [-0.39, 0.29) is 0 Å². The lowest BCUT2D eigenvalue weighted by Gasteiger charge is -2.58. The molecule has 0 aliphatic heterocycles. The minimum Gasteiger partial charge on any atom is -0.0993 e. The van der Waals surface area contributed by atoms with Crippen LogP contribution in [0.15, 0.2) is 48.1 Å². The van der Waals surface area contributed by atoms with E-state index in [2.05, 4.69) is 59.1 Å². The monoisotopic (exact) mass is 324 g/mol. The van der Waals surface area contributed by atoms with Crippen LogP contribution in [0.3, 0.4) is 0 Å². The molecule has 3 rings (SSSR count). The predicted molar refractivity (Wildman–Crippen MR) is 106 cm³/mol. The summed E-state index contributed by atoms with van der Waals surface area (Å²) in [6, 6.07) is 0. The molecule has 0 heteroatoms. The second kappa shape index (κ2) is 6.70. The normalized spacial score (nSPS) is 43.7. The summed E-state index contributed by atoms with van der Waals surface area (Å²) in [4.78, 5) is 0. The first-order chi connectivity index (χ1) is 11.4. The van der Waals surface area contributed by atoms with Crippen molar-refractivity contribution in [3.05, 3.63) is 48.1 Å². The molecular formula is C24H36. The third-order valence-corrected chi connectivity index (χ3v) is 7.83.